The van der Waals surface area contributed by atoms with E-state index >= 15 is 0 Å². The Morgan fingerprint density at radius 2 is 1.78 bits per heavy atom. The number of carbonyl (C=O) groups excluding carboxylic acids is 1. The predicted molar refractivity (Wildman–Crippen MR) is 95.9 cm³/mol. The van der Waals surface area contributed by atoms with E-state index < -0.39 is 0 Å². The van der Waals surface area contributed by atoms with Crippen LogP contribution in [0.25, 0.3) is 0 Å². The molecule has 3 atom stereocenters. The number of ether oxygens (including phenoxy) is 1. The molecule has 0 aliphatic heterocycles. The molecule has 132 valence electrons. The molecule has 2 fully saturated rings. The van der Waals surface area contributed by atoms with E-state index in [1.54, 1.807) is 0 Å². The molecule has 0 amide bonds. The molecule has 0 N–H and O–H groups in total. The van der Waals surface area contributed by atoms with Crippen molar-refractivity contribution in [1.82, 2.24) is 0 Å². The van der Waals surface area contributed by atoms with Crippen molar-refractivity contribution in [3.63, 3.8) is 0 Å². The lowest BCUT2D eigenvalue weighted by Gasteiger charge is -2.25. The molecule has 0 aromatic rings. The molecule has 3 unspecified atom stereocenters. The minimum Gasteiger partial charge on any atom is -0.378 e. The van der Waals surface area contributed by atoms with Crippen molar-refractivity contribution in [3.05, 3.63) is 6.42 Å². The summed E-state index contributed by atoms with van der Waals surface area (Å²) in [6.45, 7) is 5.75. The van der Waals surface area contributed by atoms with Crippen molar-refractivity contribution in [1.29, 1.82) is 0 Å². The Kier molecular flexibility index (Phi) is 8.09. The highest BCUT2D eigenvalue weighted by molar-refractivity contribution is 5.50. The van der Waals surface area contributed by atoms with E-state index in [1.165, 1.54) is 64.2 Å². The Balaban J connectivity index is 1.42. The Morgan fingerprint density at radius 1 is 1.04 bits per heavy atom. The first-order chi connectivity index (χ1) is 11.1. The summed E-state index contributed by atoms with van der Waals surface area (Å²) in [7, 11) is 0. The van der Waals surface area contributed by atoms with E-state index in [2.05, 4.69) is 20.3 Å². The first-order valence-electron chi connectivity index (χ1n) is 9.91. The molecule has 0 aromatic heterocycles. The summed E-state index contributed by atoms with van der Waals surface area (Å²) in [5.74, 6) is 1.71. The van der Waals surface area contributed by atoms with E-state index in [0.29, 0.717) is 17.9 Å². The van der Waals surface area contributed by atoms with Crippen LogP contribution >= 0.6 is 0 Å². The summed E-state index contributed by atoms with van der Waals surface area (Å²) in [5.41, 5.74) is 0.451. The van der Waals surface area contributed by atoms with Gasteiger partial charge in [-0.05, 0) is 68.6 Å². The average molecular weight is 321 g/mol. The van der Waals surface area contributed by atoms with Gasteiger partial charge in [-0.3, -0.25) is 4.79 Å². The highest BCUT2D eigenvalue weighted by Gasteiger charge is 2.40. The fourth-order valence-electron chi connectivity index (χ4n) is 4.36. The van der Waals surface area contributed by atoms with Gasteiger partial charge < -0.3 is 4.74 Å². The van der Waals surface area contributed by atoms with Crippen LogP contribution in [0.15, 0.2) is 0 Å². The summed E-state index contributed by atoms with van der Waals surface area (Å²) < 4.78 is 6.12. The summed E-state index contributed by atoms with van der Waals surface area (Å²) in [6.07, 6.45) is 19.5. The van der Waals surface area contributed by atoms with Gasteiger partial charge in [0.25, 0.3) is 0 Å². The highest BCUT2D eigenvalue weighted by Crippen LogP contribution is 2.45. The van der Waals surface area contributed by atoms with Crippen molar-refractivity contribution < 1.29 is 9.53 Å². The normalized spacial score (nSPS) is 26.8. The molecular weight excluding hydrogens is 284 g/mol. The number of hydrogen-bond acceptors (Lipinski definition) is 2. The molecular formula is C21H36O2. The lowest BCUT2D eigenvalue weighted by molar-refractivity contribution is 0.0195. The smallest absolute Gasteiger partial charge is 0.198 e. The number of fused-ring (bicyclic) bond motifs is 2. The number of rotatable bonds is 13. The van der Waals surface area contributed by atoms with Gasteiger partial charge in [0.1, 0.15) is 0 Å². The van der Waals surface area contributed by atoms with Crippen LogP contribution in [0.5, 0.6) is 0 Å². The summed E-state index contributed by atoms with van der Waals surface area (Å²) in [5, 5.41) is 0. The number of unbranched alkanes of at least 4 members (excludes halogenated alkanes) is 5. The Labute approximate surface area is 143 Å². The lowest BCUT2D eigenvalue weighted by atomic mass is 9.82. The summed E-state index contributed by atoms with van der Waals surface area (Å²) in [4.78, 5) is 10.2. The topological polar surface area (TPSA) is 26.3 Å². The molecule has 2 heteroatoms. The monoisotopic (exact) mass is 320 g/mol. The van der Waals surface area contributed by atoms with Crippen LogP contribution < -0.4 is 0 Å². The van der Waals surface area contributed by atoms with Crippen LogP contribution in [0, 0.1) is 23.7 Å². The third kappa shape index (κ3) is 6.95. The van der Waals surface area contributed by atoms with Gasteiger partial charge in [0.15, 0.2) is 6.29 Å². The SMILES string of the molecule is CC(C)(CCCCC[C]=O)CCCCCOC1CC2[CH]CC1C2. The molecule has 2 nitrogen and oxygen atoms in total. The second-order valence-corrected chi connectivity index (χ2v) is 8.55. The summed E-state index contributed by atoms with van der Waals surface area (Å²) in [6, 6.07) is 0. The van der Waals surface area contributed by atoms with Gasteiger partial charge in [0.2, 0.25) is 0 Å². The van der Waals surface area contributed by atoms with Crippen molar-refractivity contribution in [3.8, 4) is 0 Å². The van der Waals surface area contributed by atoms with E-state index in [4.69, 9.17) is 4.74 Å². The zero-order valence-corrected chi connectivity index (χ0v) is 15.3. The molecule has 2 saturated carbocycles. The Bertz CT molecular complexity index is 337. The lowest BCUT2D eigenvalue weighted by Crippen LogP contribution is -2.21. The van der Waals surface area contributed by atoms with Gasteiger partial charge in [-0.15, -0.1) is 0 Å². The first kappa shape index (κ1) is 19.0. The first-order valence-corrected chi connectivity index (χ1v) is 9.91. The van der Waals surface area contributed by atoms with E-state index in [1.807, 2.05) is 6.29 Å². The zero-order chi connectivity index (χ0) is 16.5. The van der Waals surface area contributed by atoms with Crippen LogP contribution in [0.4, 0.5) is 0 Å². The van der Waals surface area contributed by atoms with Crippen LogP contribution in [0.1, 0.15) is 90.9 Å². The molecule has 2 aliphatic rings. The van der Waals surface area contributed by atoms with Crippen molar-refractivity contribution in [2.24, 2.45) is 17.3 Å². The standard InChI is InChI=1S/C21H36O2/c1-21(2,12-6-3-4-8-14-22)13-7-5-9-15-23-20-17-18-10-11-19(20)16-18/h10,18-20H,3-9,11-13,15-17H2,1-2H3. The molecule has 2 radical (unpaired) electrons. The van der Waals surface area contributed by atoms with Gasteiger partial charge in [-0.2, -0.15) is 0 Å². The quantitative estimate of drug-likeness (QED) is 0.410. The van der Waals surface area contributed by atoms with Gasteiger partial charge >= 0.3 is 0 Å². The molecule has 0 heterocycles. The second-order valence-electron chi connectivity index (χ2n) is 8.55. The molecule has 0 saturated heterocycles. The molecule has 2 bridgehead atoms. The van der Waals surface area contributed by atoms with E-state index in [0.717, 1.165) is 24.9 Å². The third-order valence-corrected chi connectivity index (χ3v) is 5.90. The largest absolute Gasteiger partial charge is 0.378 e. The highest BCUT2D eigenvalue weighted by atomic mass is 16.5. The molecule has 2 aliphatic carbocycles. The van der Waals surface area contributed by atoms with Crippen molar-refractivity contribution in [2.75, 3.05) is 6.61 Å². The molecule has 2 rings (SSSR count). The van der Waals surface area contributed by atoms with Crippen LogP contribution in [-0.4, -0.2) is 19.0 Å². The minimum absolute atomic E-state index is 0.451. The third-order valence-electron chi connectivity index (χ3n) is 5.90. The van der Waals surface area contributed by atoms with Gasteiger partial charge in [0.05, 0.1) is 6.10 Å². The zero-order valence-electron chi connectivity index (χ0n) is 15.3. The maximum atomic E-state index is 10.2. The predicted octanol–water partition coefficient (Wildman–Crippen LogP) is 5.65. The minimum atomic E-state index is 0.451. The Morgan fingerprint density at radius 3 is 2.39 bits per heavy atom. The van der Waals surface area contributed by atoms with E-state index in [-0.39, 0.29) is 0 Å². The van der Waals surface area contributed by atoms with E-state index in [9.17, 15) is 4.79 Å². The molecule has 23 heavy (non-hydrogen) atoms. The van der Waals surface area contributed by atoms with Crippen LogP contribution in [0.3, 0.4) is 0 Å². The van der Waals surface area contributed by atoms with Crippen LogP contribution in [-0.2, 0) is 9.53 Å². The van der Waals surface area contributed by atoms with Gasteiger partial charge in [-0.1, -0.05) is 39.5 Å². The maximum Gasteiger partial charge on any atom is 0.198 e. The molecule has 0 spiro atoms. The van der Waals surface area contributed by atoms with Crippen molar-refractivity contribution >= 4 is 6.29 Å². The summed E-state index contributed by atoms with van der Waals surface area (Å²) >= 11 is 0. The maximum absolute atomic E-state index is 10.2. The fraction of sp³-hybridized carbons (Fsp3) is 0.905. The van der Waals surface area contributed by atoms with Gasteiger partial charge in [-0.25, -0.2) is 0 Å². The fourth-order valence-corrected chi connectivity index (χ4v) is 4.36. The number of hydrogen-bond donors (Lipinski definition) is 0. The van der Waals surface area contributed by atoms with Crippen LogP contribution in [0.2, 0.25) is 0 Å². The Hall–Kier alpha value is -0.370. The van der Waals surface area contributed by atoms with Crippen molar-refractivity contribution in [2.45, 2.75) is 97.0 Å². The molecule has 0 aromatic carbocycles. The second kappa shape index (κ2) is 9.81. The average Bonchev–Trinajstić information content (AvgIpc) is 3.13. The van der Waals surface area contributed by atoms with Gasteiger partial charge in [0, 0.05) is 13.0 Å².